The lowest BCUT2D eigenvalue weighted by Gasteiger charge is -2.08. The Labute approximate surface area is 185 Å². The van der Waals surface area contributed by atoms with Gasteiger partial charge in [0.1, 0.15) is 5.75 Å². The van der Waals surface area contributed by atoms with E-state index in [0.717, 1.165) is 4.47 Å². The van der Waals surface area contributed by atoms with E-state index in [0.29, 0.717) is 27.1 Å². The van der Waals surface area contributed by atoms with Gasteiger partial charge in [-0.25, -0.2) is 23.1 Å². The zero-order chi connectivity index (χ0) is 21.2. The molecule has 7 nitrogen and oxygen atoms in total. The summed E-state index contributed by atoms with van der Waals surface area (Å²) in [6.07, 6.45) is 1.50. The van der Waals surface area contributed by atoms with Crippen LogP contribution in [0.4, 0.5) is 11.6 Å². The second-order valence-corrected chi connectivity index (χ2v) is 9.61. The van der Waals surface area contributed by atoms with Crippen LogP contribution in [0.5, 0.6) is 5.75 Å². The lowest BCUT2D eigenvalue weighted by molar-refractivity contribution is 0.471. The molecular weight excluding hydrogens is 524 g/mol. The van der Waals surface area contributed by atoms with Crippen LogP contribution in [0.2, 0.25) is 0 Å². The van der Waals surface area contributed by atoms with Gasteiger partial charge in [-0.15, -0.1) is 0 Å². The third kappa shape index (κ3) is 5.40. The Morgan fingerprint density at radius 1 is 1.03 bits per heavy atom. The van der Waals surface area contributed by atoms with E-state index >= 15 is 0 Å². The maximum Gasteiger partial charge on any atom is 0.264 e. The summed E-state index contributed by atoms with van der Waals surface area (Å²) in [7, 11) is -3.83. The summed E-state index contributed by atoms with van der Waals surface area (Å²) in [5, 5.41) is 10.1. The molecule has 1 aromatic heterocycles. The SMILES string of the molecule is Cc1cc(C)nc(NS(=O)(=O)c2ccc(N=Cc3cc(Br)cc(Br)c3O)cc2)n1. The lowest BCUT2D eigenvalue weighted by Crippen LogP contribution is -2.15. The number of anilines is 1. The predicted octanol–water partition coefficient (Wildman–Crippen LogP) is 4.88. The van der Waals surface area contributed by atoms with Crippen LogP contribution in [0.15, 0.2) is 61.3 Å². The smallest absolute Gasteiger partial charge is 0.264 e. The van der Waals surface area contributed by atoms with Crippen molar-refractivity contribution in [2.45, 2.75) is 18.7 Å². The zero-order valence-corrected chi connectivity index (χ0v) is 19.4. The molecule has 0 saturated heterocycles. The van der Waals surface area contributed by atoms with Crippen molar-refractivity contribution < 1.29 is 13.5 Å². The average Bonchev–Trinajstić information content (AvgIpc) is 2.62. The molecule has 3 aromatic rings. The number of phenolic OH excluding ortho intramolecular Hbond substituents is 1. The average molecular weight is 540 g/mol. The molecule has 1 heterocycles. The number of aromatic hydroxyl groups is 1. The van der Waals surface area contributed by atoms with E-state index in [9.17, 15) is 13.5 Å². The summed E-state index contributed by atoms with van der Waals surface area (Å²) in [6.45, 7) is 3.53. The van der Waals surface area contributed by atoms with Crippen molar-refractivity contribution in [3.05, 3.63) is 68.4 Å². The van der Waals surface area contributed by atoms with E-state index in [-0.39, 0.29) is 16.6 Å². The number of aliphatic imine (C=N–C) groups is 1. The number of aromatic nitrogens is 2. The molecule has 0 aliphatic carbocycles. The molecule has 2 N–H and O–H groups in total. The molecule has 0 spiro atoms. The summed E-state index contributed by atoms with van der Waals surface area (Å²) >= 11 is 6.62. The molecule has 0 amide bonds. The Morgan fingerprint density at radius 3 is 2.28 bits per heavy atom. The predicted molar refractivity (Wildman–Crippen MR) is 120 cm³/mol. The van der Waals surface area contributed by atoms with Gasteiger partial charge < -0.3 is 5.11 Å². The van der Waals surface area contributed by atoms with Crippen molar-refractivity contribution in [2.24, 2.45) is 4.99 Å². The minimum Gasteiger partial charge on any atom is -0.506 e. The lowest BCUT2D eigenvalue weighted by atomic mass is 10.2. The van der Waals surface area contributed by atoms with E-state index in [2.05, 4.69) is 51.5 Å². The second kappa shape index (κ2) is 8.60. The number of benzene rings is 2. The van der Waals surface area contributed by atoms with E-state index in [1.807, 2.05) is 0 Å². The highest BCUT2D eigenvalue weighted by Crippen LogP contribution is 2.31. The van der Waals surface area contributed by atoms with Crippen LogP contribution < -0.4 is 4.72 Å². The third-order valence-electron chi connectivity index (χ3n) is 3.77. The molecule has 29 heavy (non-hydrogen) atoms. The molecule has 0 radical (unpaired) electrons. The number of sulfonamides is 1. The van der Waals surface area contributed by atoms with Gasteiger partial charge in [-0.3, -0.25) is 4.99 Å². The summed E-state index contributed by atoms with van der Waals surface area (Å²) in [6, 6.07) is 11.2. The van der Waals surface area contributed by atoms with Gasteiger partial charge in [0, 0.05) is 27.6 Å². The molecule has 10 heteroatoms. The number of aryl methyl sites for hydroxylation is 2. The van der Waals surface area contributed by atoms with Crippen LogP contribution in [-0.2, 0) is 10.0 Å². The molecule has 0 saturated carbocycles. The Morgan fingerprint density at radius 2 is 1.66 bits per heavy atom. The normalized spacial score (nSPS) is 11.7. The Hall–Kier alpha value is -2.30. The Kier molecular flexibility index (Phi) is 6.35. The summed E-state index contributed by atoms with van der Waals surface area (Å²) in [4.78, 5) is 12.5. The maximum atomic E-state index is 12.6. The molecule has 0 unspecified atom stereocenters. The Balaban J connectivity index is 1.81. The van der Waals surface area contributed by atoms with Gasteiger partial charge >= 0.3 is 0 Å². The fraction of sp³-hybridized carbons (Fsp3) is 0.105. The van der Waals surface area contributed by atoms with Crippen LogP contribution in [0.25, 0.3) is 0 Å². The van der Waals surface area contributed by atoms with Crippen LogP contribution >= 0.6 is 31.9 Å². The van der Waals surface area contributed by atoms with E-state index < -0.39 is 10.0 Å². The molecule has 0 aliphatic rings. The van der Waals surface area contributed by atoms with Crippen molar-refractivity contribution in [2.75, 3.05) is 4.72 Å². The highest BCUT2D eigenvalue weighted by Gasteiger charge is 2.16. The Bertz CT molecular complexity index is 1180. The quantitative estimate of drug-likeness (QED) is 0.450. The fourth-order valence-electron chi connectivity index (χ4n) is 2.49. The minimum atomic E-state index is -3.83. The van der Waals surface area contributed by atoms with Crippen LogP contribution in [-0.4, -0.2) is 29.7 Å². The van der Waals surface area contributed by atoms with E-state index in [4.69, 9.17) is 0 Å². The zero-order valence-electron chi connectivity index (χ0n) is 15.4. The van der Waals surface area contributed by atoms with Crippen molar-refractivity contribution in [3.8, 4) is 5.75 Å². The van der Waals surface area contributed by atoms with Gasteiger partial charge in [0.15, 0.2) is 0 Å². The molecule has 2 aromatic carbocycles. The molecule has 0 bridgehead atoms. The van der Waals surface area contributed by atoms with Gasteiger partial charge in [-0.1, -0.05) is 15.9 Å². The van der Waals surface area contributed by atoms with Crippen molar-refractivity contribution in [1.29, 1.82) is 0 Å². The van der Waals surface area contributed by atoms with E-state index in [1.165, 1.54) is 18.3 Å². The largest absolute Gasteiger partial charge is 0.506 e. The number of nitrogens with one attached hydrogen (secondary N) is 1. The number of rotatable bonds is 5. The van der Waals surface area contributed by atoms with Gasteiger partial charge in [-0.05, 0) is 72.2 Å². The van der Waals surface area contributed by atoms with Crippen LogP contribution in [0.1, 0.15) is 17.0 Å². The fourth-order valence-corrected chi connectivity index (χ4v) is 4.69. The highest BCUT2D eigenvalue weighted by atomic mass is 79.9. The first-order chi connectivity index (χ1) is 13.6. The van der Waals surface area contributed by atoms with Crippen molar-refractivity contribution >= 4 is 59.7 Å². The van der Waals surface area contributed by atoms with Crippen molar-refractivity contribution in [3.63, 3.8) is 0 Å². The second-order valence-electron chi connectivity index (χ2n) is 6.16. The van der Waals surface area contributed by atoms with Gasteiger partial charge in [0.2, 0.25) is 5.95 Å². The number of nitrogens with zero attached hydrogens (tertiary/aromatic N) is 3. The molecule has 0 fully saturated rings. The van der Waals surface area contributed by atoms with Gasteiger partial charge in [0.25, 0.3) is 10.0 Å². The number of hydrogen-bond acceptors (Lipinski definition) is 6. The monoisotopic (exact) mass is 538 g/mol. The number of phenols is 1. The molecular formula is C19H16Br2N4O3S. The molecule has 150 valence electrons. The van der Waals surface area contributed by atoms with Crippen LogP contribution in [0.3, 0.4) is 0 Å². The molecule has 0 atom stereocenters. The first kappa shape index (κ1) is 21.4. The topological polar surface area (TPSA) is 105 Å². The standard InChI is InChI=1S/C19H16Br2N4O3S/c1-11-7-12(2)24-19(23-11)25-29(27,28)16-5-3-15(4-6-16)22-10-13-8-14(20)9-17(21)18(13)26/h3-10,26H,1-2H3,(H,23,24,25). The first-order valence-corrected chi connectivity index (χ1v) is 11.4. The maximum absolute atomic E-state index is 12.6. The highest BCUT2D eigenvalue weighted by molar-refractivity contribution is 9.11. The van der Waals surface area contributed by atoms with E-state index in [1.54, 1.807) is 44.2 Å². The molecule has 0 aliphatic heterocycles. The molecule has 3 rings (SSSR count). The number of hydrogen-bond donors (Lipinski definition) is 2. The first-order valence-electron chi connectivity index (χ1n) is 8.31. The number of halogens is 2. The van der Waals surface area contributed by atoms with Crippen LogP contribution in [0, 0.1) is 13.8 Å². The summed E-state index contributed by atoms with van der Waals surface area (Å²) in [5.74, 6) is 0.0918. The van der Waals surface area contributed by atoms with Gasteiger partial charge in [0.05, 0.1) is 15.1 Å². The van der Waals surface area contributed by atoms with Crippen molar-refractivity contribution in [1.82, 2.24) is 9.97 Å². The minimum absolute atomic E-state index is 0.0281. The summed E-state index contributed by atoms with van der Waals surface area (Å²) < 4.78 is 28.8. The van der Waals surface area contributed by atoms with Gasteiger partial charge in [-0.2, -0.15) is 0 Å². The third-order valence-corrected chi connectivity index (χ3v) is 6.17. The summed E-state index contributed by atoms with van der Waals surface area (Å²) in [5.41, 5.74) is 2.38.